The Morgan fingerprint density at radius 1 is 1.38 bits per heavy atom. The predicted molar refractivity (Wildman–Crippen MR) is 102 cm³/mol. The Morgan fingerprint density at radius 3 is 2.71 bits per heavy atom. The van der Waals surface area contributed by atoms with Gasteiger partial charge in [0.15, 0.2) is 5.96 Å². The lowest BCUT2D eigenvalue weighted by Gasteiger charge is -2.11. The van der Waals surface area contributed by atoms with Crippen LogP contribution in [0.2, 0.25) is 0 Å². The molecule has 2 N–H and O–H groups in total. The normalized spacial score (nSPS) is 11.5. The molecule has 0 aliphatic carbocycles. The van der Waals surface area contributed by atoms with Crippen LogP contribution in [0, 0.1) is 13.8 Å². The zero-order chi connectivity index (χ0) is 16.8. The van der Waals surface area contributed by atoms with E-state index in [4.69, 9.17) is 0 Å². The highest BCUT2D eigenvalue weighted by molar-refractivity contribution is 14.0. The largest absolute Gasteiger partial charge is 0.357 e. The minimum atomic E-state index is -2.61. The Kier molecular flexibility index (Phi) is 8.53. The molecule has 0 aliphatic heterocycles. The molecule has 2 aromatic heterocycles. The van der Waals surface area contributed by atoms with Crippen molar-refractivity contribution >= 4 is 41.3 Å². The first-order valence-corrected chi connectivity index (χ1v) is 8.07. The maximum atomic E-state index is 12.8. The topological polar surface area (TPSA) is 67.1 Å². The monoisotopic (exact) mass is 470 g/mol. The fourth-order valence-electron chi connectivity index (χ4n) is 2.04. The molecule has 0 spiro atoms. The summed E-state index contributed by atoms with van der Waals surface area (Å²) in [6, 6.07) is 0. The number of aryl methyl sites for hydroxylation is 2. The lowest BCUT2D eigenvalue weighted by molar-refractivity contribution is 0.0671. The molecule has 0 radical (unpaired) electrons. The molecule has 2 aromatic rings. The van der Waals surface area contributed by atoms with E-state index in [-0.39, 0.29) is 36.3 Å². The van der Waals surface area contributed by atoms with E-state index in [0.717, 1.165) is 20.1 Å². The molecule has 0 atom stereocenters. The summed E-state index contributed by atoms with van der Waals surface area (Å²) in [7, 11) is 0. The Balaban J connectivity index is 0.00000288. The van der Waals surface area contributed by atoms with Gasteiger partial charge in [-0.2, -0.15) is 8.78 Å². The first-order valence-electron chi connectivity index (χ1n) is 7.26. The number of imidazole rings is 1. The SMILES string of the molecule is CCNC(=NCc1nccn1C(F)F)NCc1sc(C)nc1C.I. The van der Waals surface area contributed by atoms with Gasteiger partial charge in [0.05, 0.1) is 17.2 Å². The van der Waals surface area contributed by atoms with Gasteiger partial charge in [0.2, 0.25) is 0 Å². The lowest BCUT2D eigenvalue weighted by Crippen LogP contribution is -2.36. The minimum Gasteiger partial charge on any atom is -0.357 e. The van der Waals surface area contributed by atoms with Gasteiger partial charge in [0.1, 0.15) is 12.4 Å². The number of nitrogens with one attached hydrogen (secondary N) is 2. The Hall–Kier alpha value is -1.30. The van der Waals surface area contributed by atoms with Crippen molar-refractivity contribution in [3.63, 3.8) is 0 Å². The molecule has 2 rings (SSSR count). The van der Waals surface area contributed by atoms with Crippen molar-refractivity contribution in [1.82, 2.24) is 25.2 Å². The average Bonchev–Trinajstić information content (AvgIpc) is 3.08. The van der Waals surface area contributed by atoms with Gasteiger partial charge < -0.3 is 10.6 Å². The summed E-state index contributed by atoms with van der Waals surface area (Å²) in [5.41, 5.74) is 0.990. The number of hydrogen-bond acceptors (Lipinski definition) is 4. The molecule has 6 nitrogen and oxygen atoms in total. The minimum absolute atomic E-state index is 0. The van der Waals surface area contributed by atoms with Crippen LogP contribution in [0.15, 0.2) is 17.4 Å². The van der Waals surface area contributed by atoms with Crippen LogP contribution in [0.3, 0.4) is 0 Å². The smallest absolute Gasteiger partial charge is 0.319 e. The quantitative estimate of drug-likeness (QED) is 0.387. The van der Waals surface area contributed by atoms with Gasteiger partial charge in [0.25, 0.3) is 0 Å². The summed E-state index contributed by atoms with van der Waals surface area (Å²) in [6.07, 6.45) is 2.60. The number of hydrogen-bond donors (Lipinski definition) is 2. The highest BCUT2D eigenvalue weighted by atomic mass is 127. The standard InChI is InChI=1S/C14H20F2N6S.HI/c1-4-17-14(19-7-11-9(2)21-10(3)23-11)20-8-12-18-5-6-22(12)13(15)16;/h5-6,13H,4,7-8H2,1-3H3,(H2,17,19,20);1H. The summed E-state index contributed by atoms with van der Waals surface area (Å²) in [4.78, 5) is 13.7. The van der Waals surface area contributed by atoms with Crippen LogP contribution in [-0.2, 0) is 13.1 Å². The van der Waals surface area contributed by atoms with Gasteiger partial charge in [-0.15, -0.1) is 35.3 Å². The Bertz CT molecular complexity index is 670. The van der Waals surface area contributed by atoms with Crippen molar-refractivity contribution in [3.05, 3.63) is 33.8 Å². The van der Waals surface area contributed by atoms with Crippen molar-refractivity contribution in [2.45, 2.75) is 40.4 Å². The van der Waals surface area contributed by atoms with Crippen molar-refractivity contribution in [3.8, 4) is 0 Å². The zero-order valence-electron chi connectivity index (χ0n) is 13.7. The number of thiazole rings is 1. The second-order valence-corrected chi connectivity index (χ2v) is 6.11. The molecule has 10 heteroatoms. The molecule has 24 heavy (non-hydrogen) atoms. The van der Waals surface area contributed by atoms with E-state index in [1.54, 1.807) is 11.3 Å². The van der Waals surface area contributed by atoms with Gasteiger partial charge in [-0.25, -0.2) is 15.0 Å². The fourth-order valence-corrected chi connectivity index (χ4v) is 2.91. The third kappa shape index (κ3) is 5.65. The first kappa shape index (κ1) is 20.7. The molecule has 0 fully saturated rings. The number of aliphatic imine (C=N–C) groups is 1. The van der Waals surface area contributed by atoms with Gasteiger partial charge in [-0.05, 0) is 20.8 Å². The number of rotatable bonds is 6. The zero-order valence-corrected chi connectivity index (χ0v) is 16.9. The van der Waals surface area contributed by atoms with Gasteiger partial charge in [0, 0.05) is 23.8 Å². The van der Waals surface area contributed by atoms with E-state index in [9.17, 15) is 8.78 Å². The summed E-state index contributed by atoms with van der Waals surface area (Å²) >= 11 is 1.62. The van der Waals surface area contributed by atoms with Crippen molar-refractivity contribution in [2.24, 2.45) is 4.99 Å². The fraction of sp³-hybridized carbons (Fsp3) is 0.500. The van der Waals surface area contributed by atoms with Crippen LogP contribution < -0.4 is 10.6 Å². The van der Waals surface area contributed by atoms with E-state index in [1.807, 2.05) is 20.8 Å². The molecular weight excluding hydrogens is 449 g/mol. The van der Waals surface area contributed by atoms with Crippen LogP contribution >= 0.6 is 35.3 Å². The second-order valence-electron chi connectivity index (χ2n) is 4.82. The molecule has 2 heterocycles. The summed E-state index contributed by atoms with van der Waals surface area (Å²) in [5, 5.41) is 7.29. The summed E-state index contributed by atoms with van der Waals surface area (Å²) in [5.74, 6) is 0.781. The van der Waals surface area contributed by atoms with Crippen LogP contribution in [0.1, 0.15) is 34.9 Å². The molecular formula is C14H21F2IN6S. The Labute approximate surface area is 160 Å². The summed E-state index contributed by atoms with van der Waals surface area (Å²) in [6.45, 7) is 4.60. The van der Waals surface area contributed by atoms with E-state index in [0.29, 0.717) is 19.0 Å². The van der Waals surface area contributed by atoms with Crippen molar-refractivity contribution < 1.29 is 8.78 Å². The number of aromatic nitrogens is 3. The van der Waals surface area contributed by atoms with Crippen molar-refractivity contribution in [2.75, 3.05) is 6.54 Å². The third-order valence-electron chi connectivity index (χ3n) is 3.10. The third-order valence-corrected chi connectivity index (χ3v) is 4.17. The average molecular weight is 470 g/mol. The van der Waals surface area contributed by atoms with E-state index in [2.05, 4.69) is 25.6 Å². The van der Waals surface area contributed by atoms with Crippen LogP contribution in [0.5, 0.6) is 0 Å². The van der Waals surface area contributed by atoms with Crippen LogP contribution in [0.4, 0.5) is 8.78 Å². The van der Waals surface area contributed by atoms with E-state index in [1.165, 1.54) is 12.4 Å². The van der Waals surface area contributed by atoms with E-state index >= 15 is 0 Å². The molecule has 0 amide bonds. The number of halogens is 3. The summed E-state index contributed by atoms with van der Waals surface area (Å²) < 4.78 is 26.4. The van der Waals surface area contributed by atoms with Gasteiger partial charge >= 0.3 is 6.55 Å². The Morgan fingerprint density at radius 2 is 2.12 bits per heavy atom. The molecule has 0 saturated heterocycles. The van der Waals surface area contributed by atoms with Gasteiger partial charge in [-0.3, -0.25) is 4.57 Å². The molecule has 0 aliphatic rings. The molecule has 0 aromatic carbocycles. The van der Waals surface area contributed by atoms with Gasteiger partial charge in [-0.1, -0.05) is 0 Å². The van der Waals surface area contributed by atoms with E-state index < -0.39 is 6.55 Å². The molecule has 0 saturated carbocycles. The second kappa shape index (κ2) is 9.87. The van der Waals surface area contributed by atoms with Crippen LogP contribution in [0.25, 0.3) is 0 Å². The number of alkyl halides is 2. The molecule has 134 valence electrons. The van der Waals surface area contributed by atoms with Crippen molar-refractivity contribution in [1.29, 1.82) is 0 Å². The molecule has 0 unspecified atom stereocenters. The van der Waals surface area contributed by atoms with Crippen LogP contribution in [-0.4, -0.2) is 27.0 Å². The molecule has 0 bridgehead atoms. The number of nitrogens with zero attached hydrogens (tertiary/aromatic N) is 4. The maximum absolute atomic E-state index is 12.8. The first-order chi connectivity index (χ1) is 11.0. The highest BCUT2D eigenvalue weighted by Gasteiger charge is 2.11. The predicted octanol–water partition coefficient (Wildman–Crippen LogP) is 3.22. The lowest BCUT2D eigenvalue weighted by atomic mass is 10.4. The number of guanidine groups is 1. The maximum Gasteiger partial charge on any atom is 0.319 e. The highest BCUT2D eigenvalue weighted by Crippen LogP contribution is 2.16.